The zero-order valence-electron chi connectivity index (χ0n) is 18.9. The average molecular weight is 530 g/mol. The van der Waals surface area contributed by atoms with E-state index >= 15 is 0 Å². The highest BCUT2D eigenvalue weighted by Crippen LogP contribution is 2.36. The van der Waals surface area contributed by atoms with Crippen LogP contribution in [0.2, 0.25) is 10.0 Å². The first-order valence-electron chi connectivity index (χ1n) is 10.4. The fourth-order valence-electron chi connectivity index (χ4n) is 3.41. The second-order valence-electron chi connectivity index (χ2n) is 7.46. The standard InChI is InChI=1S/C22H25Cl2N3O6S/c1-4-34(30,31)27(15-8-9-19-20(10-15)33-13-32-19)12-21(28)26(14(2)22(29)25-3)11-16-17(23)6-5-7-18(16)24/h5-10,14H,4,11-13H2,1-3H3,(H,25,29). The van der Waals surface area contributed by atoms with Crippen molar-refractivity contribution in [3.8, 4) is 11.5 Å². The number of amides is 2. The average Bonchev–Trinajstić information content (AvgIpc) is 3.29. The lowest BCUT2D eigenvalue weighted by Gasteiger charge is -2.32. The summed E-state index contributed by atoms with van der Waals surface area (Å²) in [5.74, 6) is -0.422. The third-order valence-electron chi connectivity index (χ3n) is 5.43. The van der Waals surface area contributed by atoms with E-state index in [2.05, 4.69) is 5.32 Å². The number of fused-ring (bicyclic) bond motifs is 1. The van der Waals surface area contributed by atoms with Crippen LogP contribution >= 0.6 is 23.2 Å². The first-order valence-corrected chi connectivity index (χ1v) is 12.8. The zero-order valence-corrected chi connectivity index (χ0v) is 21.2. The summed E-state index contributed by atoms with van der Waals surface area (Å²) in [6.45, 7) is 2.41. The second-order valence-corrected chi connectivity index (χ2v) is 10.5. The number of hydrogen-bond donors (Lipinski definition) is 1. The van der Waals surface area contributed by atoms with Crippen LogP contribution in [-0.2, 0) is 26.2 Å². The van der Waals surface area contributed by atoms with E-state index in [4.69, 9.17) is 32.7 Å². The van der Waals surface area contributed by atoms with Gasteiger partial charge in [-0.3, -0.25) is 13.9 Å². The summed E-state index contributed by atoms with van der Waals surface area (Å²) in [6, 6.07) is 8.60. The topological polar surface area (TPSA) is 105 Å². The van der Waals surface area contributed by atoms with E-state index in [1.807, 2.05) is 0 Å². The first-order chi connectivity index (χ1) is 16.1. The van der Waals surface area contributed by atoms with Crippen molar-refractivity contribution in [2.75, 3.05) is 30.4 Å². The van der Waals surface area contributed by atoms with Gasteiger partial charge in [-0.15, -0.1) is 0 Å². The van der Waals surface area contributed by atoms with Crippen molar-refractivity contribution in [3.05, 3.63) is 52.0 Å². The number of nitrogens with one attached hydrogen (secondary N) is 1. The van der Waals surface area contributed by atoms with Gasteiger partial charge in [-0.2, -0.15) is 0 Å². The number of sulfonamides is 1. The Morgan fingerprint density at radius 3 is 2.38 bits per heavy atom. The molecule has 3 rings (SSSR count). The van der Waals surface area contributed by atoms with Gasteiger partial charge >= 0.3 is 0 Å². The van der Waals surface area contributed by atoms with Gasteiger partial charge in [-0.25, -0.2) is 8.42 Å². The Morgan fingerprint density at radius 2 is 1.76 bits per heavy atom. The molecule has 0 fully saturated rings. The number of halogens is 2. The van der Waals surface area contributed by atoms with Gasteiger partial charge in [0.1, 0.15) is 12.6 Å². The number of carbonyl (C=O) groups excluding carboxylic acids is 2. The number of ether oxygens (including phenoxy) is 2. The molecule has 2 aromatic carbocycles. The Bertz CT molecular complexity index is 1170. The van der Waals surface area contributed by atoms with Crippen LogP contribution < -0.4 is 19.1 Å². The molecule has 2 aromatic rings. The first kappa shape index (κ1) is 25.9. The molecule has 9 nitrogen and oxygen atoms in total. The summed E-state index contributed by atoms with van der Waals surface area (Å²) in [5, 5.41) is 3.15. The lowest BCUT2D eigenvalue weighted by Crippen LogP contribution is -2.51. The van der Waals surface area contributed by atoms with Crippen LogP contribution in [0.15, 0.2) is 36.4 Å². The minimum absolute atomic E-state index is 0.0221. The molecule has 1 heterocycles. The molecule has 0 bridgehead atoms. The zero-order chi connectivity index (χ0) is 25.0. The number of likely N-dealkylation sites (N-methyl/N-ethyl adjacent to an activating group) is 1. The SMILES string of the molecule is CCS(=O)(=O)N(CC(=O)N(Cc1c(Cl)cccc1Cl)C(C)C(=O)NC)c1ccc2c(c1)OCO2. The third kappa shape index (κ3) is 5.51. The molecule has 1 aliphatic heterocycles. The van der Waals surface area contributed by atoms with Gasteiger partial charge in [-0.1, -0.05) is 29.3 Å². The molecular formula is C22H25Cl2N3O6S. The van der Waals surface area contributed by atoms with E-state index in [9.17, 15) is 18.0 Å². The Labute approximate surface area is 208 Å². The molecule has 0 saturated heterocycles. The van der Waals surface area contributed by atoms with Crippen LogP contribution in [0, 0.1) is 0 Å². The maximum Gasteiger partial charge on any atom is 0.244 e. The predicted molar refractivity (Wildman–Crippen MR) is 130 cm³/mol. The van der Waals surface area contributed by atoms with Gasteiger partial charge in [0.25, 0.3) is 0 Å². The fourth-order valence-corrected chi connectivity index (χ4v) is 4.98. The molecule has 1 unspecified atom stereocenters. The molecule has 0 radical (unpaired) electrons. The third-order valence-corrected chi connectivity index (χ3v) is 7.88. The lowest BCUT2D eigenvalue weighted by atomic mass is 10.1. The summed E-state index contributed by atoms with van der Waals surface area (Å²) in [4.78, 5) is 27.2. The van der Waals surface area contributed by atoms with Crippen molar-refractivity contribution in [2.45, 2.75) is 26.4 Å². The summed E-state index contributed by atoms with van der Waals surface area (Å²) in [5.41, 5.74) is 0.686. The maximum absolute atomic E-state index is 13.5. The van der Waals surface area contributed by atoms with Gasteiger partial charge in [0.2, 0.25) is 28.6 Å². The Morgan fingerprint density at radius 1 is 1.12 bits per heavy atom. The number of carbonyl (C=O) groups is 2. The van der Waals surface area contributed by atoms with Crippen molar-refractivity contribution < 1.29 is 27.5 Å². The van der Waals surface area contributed by atoms with Crippen LogP contribution in [-0.4, -0.2) is 57.3 Å². The van der Waals surface area contributed by atoms with Crippen LogP contribution in [0.25, 0.3) is 0 Å². The molecule has 184 valence electrons. The highest BCUT2D eigenvalue weighted by atomic mass is 35.5. The minimum atomic E-state index is -3.86. The molecule has 0 aliphatic carbocycles. The monoisotopic (exact) mass is 529 g/mol. The molecule has 0 spiro atoms. The number of hydrogen-bond acceptors (Lipinski definition) is 6. The molecule has 34 heavy (non-hydrogen) atoms. The van der Waals surface area contributed by atoms with E-state index in [-0.39, 0.29) is 24.8 Å². The molecule has 2 amide bonds. The van der Waals surface area contributed by atoms with Gasteiger partial charge < -0.3 is 19.7 Å². The van der Waals surface area contributed by atoms with Crippen molar-refractivity contribution in [2.24, 2.45) is 0 Å². The molecule has 1 N–H and O–H groups in total. The lowest BCUT2D eigenvalue weighted by molar-refractivity contribution is -0.139. The molecule has 12 heteroatoms. The highest BCUT2D eigenvalue weighted by molar-refractivity contribution is 7.92. The largest absolute Gasteiger partial charge is 0.454 e. The van der Waals surface area contributed by atoms with Crippen LogP contribution in [0.3, 0.4) is 0 Å². The smallest absolute Gasteiger partial charge is 0.244 e. The normalized spacial score (nSPS) is 13.3. The minimum Gasteiger partial charge on any atom is -0.454 e. The summed E-state index contributed by atoms with van der Waals surface area (Å²) in [6.07, 6.45) is 0. The van der Waals surface area contributed by atoms with E-state index in [0.29, 0.717) is 27.1 Å². The molecular weight excluding hydrogens is 505 g/mol. The van der Waals surface area contributed by atoms with Gasteiger partial charge in [0, 0.05) is 35.3 Å². The van der Waals surface area contributed by atoms with E-state index in [0.717, 1.165) is 4.31 Å². The second kappa shape index (κ2) is 10.7. The van der Waals surface area contributed by atoms with Crippen LogP contribution in [0.5, 0.6) is 11.5 Å². The van der Waals surface area contributed by atoms with Gasteiger partial charge in [0.05, 0.1) is 11.4 Å². The Hall–Kier alpha value is -2.69. The van der Waals surface area contributed by atoms with Crippen molar-refractivity contribution in [1.29, 1.82) is 0 Å². The predicted octanol–water partition coefficient (Wildman–Crippen LogP) is 3.04. The maximum atomic E-state index is 13.5. The molecule has 1 aliphatic rings. The summed E-state index contributed by atoms with van der Waals surface area (Å²) >= 11 is 12.6. The number of anilines is 1. The van der Waals surface area contributed by atoms with E-state index in [1.165, 1.54) is 31.0 Å². The van der Waals surface area contributed by atoms with Crippen molar-refractivity contribution >= 4 is 50.7 Å². The molecule has 0 aromatic heterocycles. The van der Waals surface area contributed by atoms with E-state index in [1.54, 1.807) is 31.2 Å². The summed E-state index contributed by atoms with van der Waals surface area (Å²) in [7, 11) is -2.41. The molecule has 1 atom stereocenters. The van der Waals surface area contributed by atoms with Crippen molar-refractivity contribution in [1.82, 2.24) is 10.2 Å². The highest BCUT2D eigenvalue weighted by Gasteiger charge is 2.32. The quantitative estimate of drug-likeness (QED) is 0.535. The van der Waals surface area contributed by atoms with E-state index < -0.39 is 34.4 Å². The number of rotatable bonds is 9. The van der Waals surface area contributed by atoms with Gasteiger partial charge in [0.15, 0.2) is 11.5 Å². The Balaban J connectivity index is 1.98. The van der Waals surface area contributed by atoms with Crippen LogP contribution in [0.4, 0.5) is 5.69 Å². The number of benzene rings is 2. The Kier molecular flexibility index (Phi) is 8.17. The fraction of sp³-hybridized carbons (Fsp3) is 0.364. The molecule has 0 saturated carbocycles. The van der Waals surface area contributed by atoms with Crippen LogP contribution in [0.1, 0.15) is 19.4 Å². The summed E-state index contributed by atoms with van der Waals surface area (Å²) < 4.78 is 37.5. The number of nitrogens with zero attached hydrogens (tertiary/aromatic N) is 2. The van der Waals surface area contributed by atoms with Crippen molar-refractivity contribution in [3.63, 3.8) is 0 Å². The van der Waals surface area contributed by atoms with Gasteiger partial charge in [-0.05, 0) is 38.1 Å².